The van der Waals surface area contributed by atoms with Crippen molar-refractivity contribution < 1.29 is 9.90 Å². The maximum atomic E-state index is 12.4. The first-order valence-electron chi connectivity index (χ1n) is 6.77. The number of likely N-dealkylation sites (tertiary alicyclic amines) is 1. The highest BCUT2D eigenvalue weighted by Gasteiger charge is 2.27. The zero-order chi connectivity index (χ0) is 14.0. The third kappa shape index (κ3) is 3.10. The van der Waals surface area contributed by atoms with E-state index in [1.165, 1.54) is 0 Å². The predicted molar refractivity (Wildman–Crippen MR) is 71.8 cm³/mol. The standard InChI is InChI=1S/C14H21N3O2/c1-9-8-13(10(2)16-15-9)14(19)17-6-4-12(5-7-17)11(3)18/h8,11-12,18H,4-7H2,1-3H3. The van der Waals surface area contributed by atoms with Crippen molar-refractivity contribution in [2.75, 3.05) is 13.1 Å². The van der Waals surface area contributed by atoms with E-state index in [0.717, 1.165) is 18.5 Å². The number of hydrogen-bond donors (Lipinski definition) is 1. The molecule has 1 N–H and O–H groups in total. The molecule has 0 radical (unpaired) electrons. The molecule has 0 spiro atoms. The second kappa shape index (κ2) is 5.65. The molecule has 5 heteroatoms. The van der Waals surface area contributed by atoms with E-state index in [0.29, 0.717) is 30.3 Å². The van der Waals surface area contributed by atoms with E-state index in [9.17, 15) is 9.90 Å². The van der Waals surface area contributed by atoms with Crippen molar-refractivity contribution in [3.8, 4) is 0 Å². The molecule has 1 aliphatic heterocycles. The Bertz CT molecular complexity index is 466. The first-order chi connectivity index (χ1) is 8.99. The molecule has 104 valence electrons. The minimum Gasteiger partial charge on any atom is -0.393 e. The van der Waals surface area contributed by atoms with Gasteiger partial charge in [-0.2, -0.15) is 10.2 Å². The summed E-state index contributed by atoms with van der Waals surface area (Å²) in [5.74, 6) is 0.335. The molecular formula is C14H21N3O2. The molecule has 1 unspecified atom stereocenters. The summed E-state index contributed by atoms with van der Waals surface area (Å²) in [7, 11) is 0. The Kier molecular flexibility index (Phi) is 4.14. The van der Waals surface area contributed by atoms with Crippen LogP contribution in [0.5, 0.6) is 0 Å². The van der Waals surface area contributed by atoms with Crippen molar-refractivity contribution in [1.29, 1.82) is 0 Å². The van der Waals surface area contributed by atoms with Crippen LogP contribution in [0.15, 0.2) is 6.07 Å². The van der Waals surface area contributed by atoms with Crippen molar-refractivity contribution in [1.82, 2.24) is 15.1 Å². The summed E-state index contributed by atoms with van der Waals surface area (Å²) in [6.45, 7) is 6.87. The van der Waals surface area contributed by atoms with Crippen molar-refractivity contribution >= 4 is 5.91 Å². The number of aliphatic hydroxyl groups is 1. The van der Waals surface area contributed by atoms with Gasteiger partial charge in [0, 0.05) is 13.1 Å². The largest absolute Gasteiger partial charge is 0.393 e. The minimum absolute atomic E-state index is 0.0274. The summed E-state index contributed by atoms with van der Waals surface area (Å²) >= 11 is 0. The highest BCUT2D eigenvalue weighted by Crippen LogP contribution is 2.22. The molecule has 1 aromatic rings. The Hall–Kier alpha value is -1.49. The number of hydrogen-bond acceptors (Lipinski definition) is 4. The van der Waals surface area contributed by atoms with Crippen LogP contribution in [0.3, 0.4) is 0 Å². The second-order valence-electron chi connectivity index (χ2n) is 5.36. The van der Waals surface area contributed by atoms with Gasteiger partial charge in [0.05, 0.1) is 23.1 Å². The van der Waals surface area contributed by atoms with Gasteiger partial charge in [-0.1, -0.05) is 0 Å². The van der Waals surface area contributed by atoms with Crippen LogP contribution in [-0.2, 0) is 0 Å². The van der Waals surface area contributed by atoms with Crippen molar-refractivity contribution in [2.24, 2.45) is 5.92 Å². The fraction of sp³-hybridized carbons (Fsp3) is 0.643. The molecular weight excluding hydrogens is 242 g/mol. The number of nitrogens with zero attached hydrogens (tertiary/aromatic N) is 3. The van der Waals surface area contributed by atoms with Crippen LogP contribution < -0.4 is 0 Å². The molecule has 1 atom stereocenters. The Morgan fingerprint density at radius 3 is 2.58 bits per heavy atom. The van der Waals surface area contributed by atoms with Crippen LogP contribution in [0.2, 0.25) is 0 Å². The molecule has 1 aromatic heterocycles. The van der Waals surface area contributed by atoms with Crippen LogP contribution >= 0.6 is 0 Å². The molecule has 1 aliphatic rings. The summed E-state index contributed by atoms with van der Waals surface area (Å²) in [6.07, 6.45) is 1.43. The first kappa shape index (κ1) is 13.9. The van der Waals surface area contributed by atoms with Crippen LogP contribution in [0, 0.1) is 19.8 Å². The summed E-state index contributed by atoms with van der Waals surface area (Å²) in [4.78, 5) is 14.3. The molecule has 0 bridgehead atoms. The topological polar surface area (TPSA) is 66.3 Å². The smallest absolute Gasteiger partial charge is 0.255 e. The molecule has 2 heterocycles. The van der Waals surface area contributed by atoms with E-state index in [4.69, 9.17) is 0 Å². The maximum Gasteiger partial charge on any atom is 0.255 e. The molecule has 1 fully saturated rings. The van der Waals surface area contributed by atoms with Crippen molar-refractivity contribution in [3.05, 3.63) is 23.0 Å². The van der Waals surface area contributed by atoms with Gasteiger partial charge in [-0.05, 0) is 45.6 Å². The van der Waals surface area contributed by atoms with E-state index in [2.05, 4.69) is 10.2 Å². The zero-order valence-corrected chi connectivity index (χ0v) is 11.8. The number of piperidine rings is 1. The fourth-order valence-corrected chi connectivity index (χ4v) is 2.52. The van der Waals surface area contributed by atoms with Gasteiger partial charge in [0.1, 0.15) is 0 Å². The summed E-state index contributed by atoms with van der Waals surface area (Å²) in [5, 5.41) is 17.5. The lowest BCUT2D eigenvalue weighted by Gasteiger charge is -2.33. The van der Waals surface area contributed by atoms with Gasteiger partial charge in [0.2, 0.25) is 0 Å². The van der Waals surface area contributed by atoms with E-state index < -0.39 is 0 Å². The SMILES string of the molecule is Cc1cc(C(=O)N2CCC(C(C)O)CC2)c(C)nn1. The average molecular weight is 263 g/mol. The lowest BCUT2D eigenvalue weighted by molar-refractivity contribution is 0.0520. The van der Waals surface area contributed by atoms with Gasteiger partial charge in [0.25, 0.3) is 5.91 Å². The number of carbonyl (C=O) groups excluding carboxylic acids is 1. The van der Waals surface area contributed by atoms with E-state index in [1.807, 2.05) is 25.7 Å². The van der Waals surface area contributed by atoms with Crippen LogP contribution in [-0.4, -0.2) is 45.3 Å². The Morgan fingerprint density at radius 1 is 1.37 bits per heavy atom. The monoisotopic (exact) mass is 263 g/mol. The number of aliphatic hydroxyl groups excluding tert-OH is 1. The third-order valence-corrected chi connectivity index (χ3v) is 3.84. The summed E-state index contributed by atoms with van der Waals surface area (Å²) < 4.78 is 0. The van der Waals surface area contributed by atoms with Gasteiger partial charge in [-0.3, -0.25) is 4.79 Å². The van der Waals surface area contributed by atoms with Gasteiger partial charge in [0.15, 0.2) is 0 Å². The number of carbonyl (C=O) groups is 1. The van der Waals surface area contributed by atoms with E-state index in [-0.39, 0.29) is 12.0 Å². The predicted octanol–water partition coefficient (Wildman–Crippen LogP) is 1.33. The average Bonchev–Trinajstić information content (AvgIpc) is 2.41. The van der Waals surface area contributed by atoms with Gasteiger partial charge >= 0.3 is 0 Å². The normalized spacial score (nSPS) is 18.4. The third-order valence-electron chi connectivity index (χ3n) is 3.84. The van der Waals surface area contributed by atoms with Crippen LogP contribution in [0.25, 0.3) is 0 Å². The Labute approximate surface area is 113 Å². The molecule has 1 saturated heterocycles. The zero-order valence-electron chi connectivity index (χ0n) is 11.8. The van der Waals surface area contributed by atoms with E-state index >= 15 is 0 Å². The summed E-state index contributed by atoms with van der Waals surface area (Å²) in [6, 6.07) is 1.80. The van der Waals surface area contributed by atoms with Gasteiger partial charge < -0.3 is 10.0 Å². The minimum atomic E-state index is -0.288. The van der Waals surface area contributed by atoms with Gasteiger partial charge in [-0.15, -0.1) is 0 Å². The Morgan fingerprint density at radius 2 is 2.00 bits per heavy atom. The first-order valence-corrected chi connectivity index (χ1v) is 6.77. The number of amides is 1. The molecule has 0 saturated carbocycles. The molecule has 0 aromatic carbocycles. The number of rotatable bonds is 2. The lowest BCUT2D eigenvalue weighted by Crippen LogP contribution is -2.41. The van der Waals surface area contributed by atoms with Crippen LogP contribution in [0.1, 0.15) is 41.5 Å². The fourth-order valence-electron chi connectivity index (χ4n) is 2.52. The molecule has 19 heavy (non-hydrogen) atoms. The maximum absolute atomic E-state index is 12.4. The molecule has 5 nitrogen and oxygen atoms in total. The molecule has 1 amide bonds. The molecule has 0 aliphatic carbocycles. The highest BCUT2D eigenvalue weighted by molar-refractivity contribution is 5.95. The van der Waals surface area contributed by atoms with Crippen LogP contribution in [0.4, 0.5) is 0 Å². The second-order valence-corrected chi connectivity index (χ2v) is 5.36. The quantitative estimate of drug-likeness (QED) is 0.874. The van der Waals surface area contributed by atoms with Crippen molar-refractivity contribution in [3.63, 3.8) is 0 Å². The van der Waals surface area contributed by atoms with E-state index in [1.54, 1.807) is 6.07 Å². The lowest BCUT2D eigenvalue weighted by atomic mass is 9.92. The number of aromatic nitrogens is 2. The Balaban J connectivity index is 2.07. The van der Waals surface area contributed by atoms with Crippen molar-refractivity contribution in [2.45, 2.75) is 39.7 Å². The summed E-state index contributed by atoms with van der Waals surface area (Å²) in [5.41, 5.74) is 2.07. The molecule has 2 rings (SSSR count). The highest BCUT2D eigenvalue weighted by atomic mass is 16.3. The number of aryl methyl sites for hydroxylation is 2. The van der Waals surface area contributed by atoms with Gasteiger partial charge in [-0.25, -0.2) is 0 Å².